The van der Waals surface area contributed by atoms with E-state index < -0.39 is 50.3 Å². The third kappa shape index (κ3) is 7.58. The molecule has 15 heteroatoms. The zero-order valence-electron chi connectivity index (χ0n) is 19.2. The summed E-state index contributed by atoms with van der Waals surface area (Å²) in [6.07, 6.45) is -1.16. The second-order valence-corrected chi connectivity index (χ2v) is 9.19. The van der Waals surface area contributed by atoms with Crippen LogP contribution in [0, 0.1) is 0 Å². The van der Waals surface area contributed by atoms with Crippen LogP contribution in [0.2, 0.25) is 4.34 Å². The zero-order valence-corrected chi connectivity index (χ0v) is 20.8. The number of anilines is 2. The fourth-order valence-electron chi connectivity index (χ4n) is 3.33. The standard InChI is InChI=1S/C22H23ClF2N4O7S/c23-17-6-5-16(37-17)19(32)26-11-15(27-22(34)36-10-8-30)20(33)29(21(24)25)14-3-1-13(2-4-14)28-7-9-35-12-18(28)31/h1-6,15,21,30H,7-12H2,(H,26,32)(H,27,34)/t15-/m1/s1. The van der Waals surface area contributed by atoms with E-state index in [9.17, 15) is 28.0 Å². The molecule has 3 N–H and O–H groups in total. The number of halogens is 3. The van der Waals surface area contributed by atoms with Crippen LogP contribution in [0.25, 0.3) is 0 Å². The van der Waals surface area contributed by atoms with Crippen LogP contribution in [-0.4, -0.2) is 81.0 Å². The number of alkyl carbamates (subject to hydrolysis) is 1. The molecule has 2 aromatic rings. The first-order valence-electron chi connectivity index (χ1n) is 10.9. The first kappa shape index (κ1) is 28.2. The van der Waals surface area contributed by atoms with Gasteiger partial charge in [-0.2, -0.15) is 8.78 Å². The highest BCUT2D eigenvalue weighted by Crippen LogP contribution is 2.25. The van der Waals surface area contributed by atoms with Gasteiger partial charge in [-0.05, 0) is 36.4 Å². The predicted molar refractivity (Wildman–Crippen MR) is 130 cm³/mol. The molecule has 4 amide bonds. The number of aliphatic hydroxyl groups is 1. The summed E-state index contributed by atoms with van der Waals surface area (Å²) in [5.74, 6) is -2.17. The van der Waals surface area contributed by atoms with E-state index in [2.05, 4.69) is 15.4 Å². The van der Waals surface area contributed by atoms with E-state index in [0.29, 0.717) is 16.6 Å². The minimum Gasteiger partial charge on any atom is -0.447 e. The largest absolute Gasteiger partial charge is 0.447 e. The van der Waals surface area contributed by atoms with Crippen molar-refractivity contribution in [2.75, 3.05) is 49.3 Å². The van der Waals surface area contributed by atoms with Crippen LogP contribution in [0.1, 0.15) is 9.67 Å². The first-order valence-corrected chi connectivity index (χ1v) is 12.1. The average molecular weight is 561 g/mol. The van der Waals surface area contributed by atoms with Crippen LogP contribution in [0.4, 0.5) is 25.0 Å². The van der Waals surface area contributed by atoms with E-state index in [1.54, 1.807) is 0 Å². The Balaban J connectivity index is 1.79. The highest BCUT2D eigenvalue weighted by molar-refractivity contribution is 7.18. The van der Waals surface area contributed by atoms with Gasteiger partial charge in [-0.3, -0.25) is 19.3 Å². The molecule has 2 heterocycles. The second kappa shape index (κ2) is 13.3. The fraction of sp³-hybridized carbons (Fsp3) is 0.364. The number of nitrogens with one attached hydrogen (secondary N) is 2. The molecule has 0 bridgehead atoms. The molecule has 3 rings (SSSR count). The number of ether oxygens (including phenoxy) is 2. The number of rotatable bonds is 10. The van der Waals surface area contributed by atoms with Gasteiger partial charge in [0.15, 0.2) is 0 Å². The van der Waals surface area contributed by atoms with Crippen molar-refractivity contribution >= 4 is 58.1 Å². The van der Waals surface area contributed by atoms with Crippen molar-refractivity contribution in [1.82, 2.24) is 10.6 Å². The number of alkyl halides is 2. The van der Waals surface area contributed by atoms with Crippen LogP contribution in [0.3, 0.4) is 0 Å². The lowest BCUT2D eigenvalue weighted by molar-refractivity contribution is -0.125. The maximum atomic E-state index is 14.1. The summed E-state index contributed by atoms with van der Waals surface area (Å²) in [5.41, 5.74) is 0.221. The van der Waals surface area contributed by atoms with Crippen LogP contribution < -0.4 is 20.4 Å². The van der Waals surface area contributed by atoms with Gasteiger partial charge in [-0.1, -0.05) is 11.6 Å². The van der Waals surface area contributed by atoms with Crippen molar-refractivity contribution in [1.29, 1.82) is 0 Å². The van der Waals surface area contributed by atoms with Gasteiger partial charge >= 0.3 is 12.6 Å². The first-order chi connectivity index (χ1) is 17.7. The van der Waals surface area contributed by atoms with Crippen LogP contribution in [0.15, 0.2) is 36.4 Å². The second-order valence-electron chi connectivity index (χ2n) is 7.47. The molecule has 1 saturated heterocycles. The maximum absolute atomic E-state index is 14.1. The third-order valence-corrected chi connectivity index (χ3v) is 6.27. The van der Waals surface area contributed by atoms with E-state index in [0.717, 1.165) is 11.3 Å². The van der Waals surface area contributed by atoms with Crippen molar-refractivity contribution in [3.05, 3.63) is 45.6 Å². The van der Waals surface area contributed by atoms with Crippen molar-refractivity contribution in [2.45, 2.75) is 12.6 Å². The molecule has 11 nitrogen and oxygen atoms in total. The molecule has 200 valence electrons. The lowest BCUT2D eigenvalue weighted by atomic mass is 10.2. The predicted octanol–water partition coefficient (Wildman–Crippen LogP) is 1.84. The fourth-order valence-corrected chi connectivity index (χ4v) is 4.29. The van der Waals surface area contributed by atoms with E-state index in [1.165, 1.54) is 41.3 Å². The summed E-state index contributed by atoms with van der Waals surface area (Å²) in [7, 11) is 0. The van der Waals surface area contributed by atoms with E-state index in [4.69, 9.17) is 21.4 Å². The van der Waals surface area contributed by atoms with Crippen LogP contribution >= 0.6 is 22.9 Å². The molecule has 0 unspecified atom stereocenters. The van der Waals surface area contributed by atoms with Gasteiger partial charge in [0.05, 0.1) is 22.4 Å². The lowest BCUT2D eigenvalue weighted by Crippen LogP contribution is -2.55. The Morgan fingerprint density at radius 1 is 1.22 bits per heavy atom. The number of nitrogens with zero attached hydrogens (tertiary/aromatic N) is 2. The Hall–Kier alpha value is -3.33. The summed E-state index contributed by atoms with van der Waals surface area (Å²) in [6.45, 7) is -4.26. The number of hydrogen-bond acceptors (Lipinski definition) is 8. The number of carbonyl (C=O) groups is 4. The molecule has 0 radical (unpaired) electrons. The number of hydrogen-bond donors (Lipinski definition) is 3. The lowest BCUT2D eigenvalue weighted by Gasteiger charge is -2.29. The molecule has 1 aromatic heterocycles. The molecule has 0 spiro atoms. The molecule has 1 aliphatic rings. The van der Waals surface area contributed by atoms with Crippen LogP contribution in [0.5, 0.6) is 0 Å². The molecule has 1 aliphatic heterocycles. The van der Waals surface area contributed by atoms with E-state index in [1.807, 2.05) is 0 Å². The van der Waals surface area contributed by atoms with E-state index in [-0.39, 0.29) is 34.5 Å². The van der Waals surface area contributed by atoms with Crippen molar-refractivity contribution in [3.8, 4) is 0 Å². The molecule has 0 aliphatic carbocycles. The Kier molecular flexibility index (Phi) is 10.1. The smallest absolute Gasteiger partial charge is 0.407 e. The zero-order chi connectivity index (χ0) is 26.9. The van der Waals surface area contributed by atoms with Gasteiger partial charge in [0.25, 0.3) is 17.7 Å². The minimum atomic E-state index is -3.31. The summed E-state index contributed by atoms with van der Waals surface area (Å²) < 4.78 is 38.2. The van der Waals surface area contributed by atoms with Gasteiger partial charge < -0.3 is 30.1 Å². The third-order valence-electron chi connectivity index (χ3n) is 5.04. The summed E-state index contributed by atoms with van der Waals surface area (Å²) in [6, 6.07) is 6.54. The molecule has 1 atom stereocenters. The topological polar surface area (TPSA) is 138 Å². The number of carbonyl (C=O) groups excluding carboxylic acids is 4. The maximum Gasteiger partial charge on any atom is 0.407 e. The van der Waals surface area contributed by atoms with Gasteiger partial charge in [-0.15, -0.1) is 11.3 Å². The van der Waals surface area contributed by atoms with Gasteiger partial charge in [0.1, 0.15) is 19.3 Å². The molecular weight excluding hydrogens is 538 g/mol. The summed E-state index contributed by atoms with van der Waals surface area (Å²) in [5, 5.41) is 13.4. The molecule has 1 aromatic carbocycles. The molecule has 37 heavy (non-hydrogen) atoms. The molecule has 1 fully saturated rings. The Morgan fingerprint density at radius 3 is 2.54 bits per heavy atom. The SMILES string of the molecule is O=C(N[C@H](CNC(=O)c1ccc(Cl)s1)C(=O)N(c1ccc(N2CCOCC2=O)cc1)C(F)F)OCCO. The number of benzene rings is 1. The Labute approximate surface area is 218 Å². The number of aliphatic hydroxyl groups excluding tert-OH is 1. The van der Waals surface area contributed by atoms with Crippen molar-refractivity contribution < 1.29 is 42.5 Å². The van der Waals surface area contributed by atoms with E-state index >= 15 is 0 Å². The van der Waals surface area contributed by atoms with Gasteiger partial charge in [-0.25, -0.2) is 4.79 Å². The van der Waals surface area contributed by atoms with Crippen molar-refractivity contribution in [2.24, 2.45) is 0 Å². The number of amides is 4. The number of morpholine rings is 1. The minimum absolute atomic E-state index is 0.105. The van der Waals surface area contributed by atoms with Gasteiger partial charge in [0, 0.05) is 24.5 Å². The highest BCUT2D eigenvalue weighted by atomic mass is 35.5. The number of thiophene rings is 1. The van der Waals surface area contributed by atoms with Crippen molar-refractivity contribution in [3.63, 3.8) is 0 Å². The average Bonchev–Trinajstić information content (AvgIpc) is 3.32. The Morgan fingerprint density at radius 2 is 1.95 bits per heavy atom. The molecular formula is C22H23ClF2N4O7S. The normalized spacial score (nSPS) is 14.3. The Bertz CT molecular complexity index is 1120. The summed E-state index contributed by atoms with van der Waals surface area (Å²) in [4.78, 5) is 51.4. The van der Waals surface area contributed by atoms with Gasteiger partial charge in [0.2, 0.25) is 0 Å². The van der Waals surface area contributed by atoms with Crippen LogP contribution in [-0.2, 0) is 19.1 Å². The monoisotopic (exact) mass is 560 g/mol. The summed E-state index contributed by atoms with van der Waals surface area (Å²) >= 11 is 6.79. The quantitative estimate of drug-likeness (QED) is 0.377. The highest BCUT2D eigenvalue weighted by Gasteiger charge is 2.33. The molecule has 0 saturated carbocycles.